The van der Waals surface area contributed by atoms with Gasteiger partial charge in [0.2, 0.25) is 17.7 Å². The molecule has 5 aliphatic rings. The topological polar surface area (TPSA) is 154 Å². The van der Waals surface area contributed by atoms with E-state index in [0.717, 1.165) is 37.7 Å². The predicted molar refractivity (Wildman–Crippen MR) is 199 cm³/mol. The molecular weight excluding hydrogens is 688 g/mol. The second-order valence-corrected chi connectivity index (χ2v) is 17.4. The van der Waals surface area contributed by atoms with Crippen molar-refractivity contribution in [3.05, 3.63) is 53.9 Å². The van der Waals surface area contributed by atoms with E-state index in [1.54, 1.807) is 28.9 Å². The Morgan fingerprint density at radius 3 is 2.31 bits per heavy atom. The van der Waals surface area contributed by atoms with Crippen LogP contribution < -0.4 is 5.32 Å². The van der Waals surface area contributed by atoms with E-state index in [-0.39, 0.29) is 42.1 Å². The Morgan fingerprint density at radius 2 is 1.63 bits per heavy atom. The minimum absolute atomic E-state index is 0.0438. The average Bonchev–Trinajstić information content (AvgIpc) is 3.45. The van der Waals surface area contributed by atoms with Crippen LogP contribution in [-0.4, -0.2) is 117 Å². The number of nitrogens with one attached hydrogen (secondary N) is 1. The summed E-state index contributed by atoms with van der Waals surface area (Å²) in [6.45, 7) is 8.29. The first-order valence-corrected chi connectivity index (χ1v) is 19.9. The van der Waals surface area contributed by atoms with Crippen LogP contribution in [0.25, 0.3) is 0 Å². The third kappa shape index (κ3) is 7.92. The first kappa shape index (κ1) is 38.0. The highest BCUT2D eigenvalue weighted by Gasteiger charge is 2.62. The zero-order chi connectivity index (χ0) is 38.2. The summed E-state index contributed by atoms with van der Waals surface area (Å²) in [5.41, 5.74) is 0.729. The molecule has 0 bridgehead atoms. The number of carboxylic acids is 1. The summed E-state index contributed by atoms with van der Waals surface area (Å²) in [4.78, 5) is 73.5. The Morgan fingerprint density at radius 1 is 0.944 bits per heavy atom. The SMILES string of the molecule is C[C@@H](OCC1CCCCC1)[C@H](NC(=O)[C@@H]1CN(C(=O)c2cnn(Cc3ccccc3)c2)CC12CN(C(=O)[C@H]1CC1(C)C)C2)C(=O)N1CCCC[C@@H]1C(=O)O. The Balaban J connectivity index is 1.11. The maximum atomic E-state index is 14.6. The van der Waals surface area contributed by atoms with Crippen molar-refractivity contribution in [3.8, 4) is 0 Å². The standard InChI is InChI=1S/C41H56N6O7/c1-27(54-23-29-14-8-5-9-15-29)34(38(51)47-17-11-10-16-33(47)39(52)53)43-35(48)32-22-44(24-41(32)25-45(26-41)37(50)31-18-40(31,2)3)36(49)30-19-42-46(21-30)20-28-12-6-4-7-13-28/h4,6-7,12-13,19,21,27,29,31-34H,5,8-11,14-18,20,22-26H2,1-3H3,(H,43,48)(H,52,53)/t27-,31-,32+,33-,34+/m1/s1. The number of benzene rings is 1. The minimum atomic E-state index is -1.11. The lowest BCUT2D eigenvalue weighted by Gasteiger charge is -2.50. The summed E-state index contributed by atoms with van der Waals surface area (Å²) in [5.74, 6) is -2.44. The number of carbonyl (C=O) groups excluding carboxylic acids is 4. The summed E-state index contributed by atoms with van der Waals surface area (Å²) < 4.78 is 8.05. The molecule has 0 radical (unpaired) electrons. The highest BCUT2D eigenvalue weighted by Crippen LogP contribution is 2.54. The van der Waals surface area contributed by atoms with Crippen LogP contribution in [0, 0.1) is 28.6 Å². The van der Waals surface area contributed by atoms with E-state index in [0.29, 0.717) is 63.5 Å². The van der Waals surface area contributed by atoms with Gasteiger partial charge in [0, 0.05) is 56.9 Å². The molecule has 2 aliphatic carbocycles. The van der Waals surface area contributed by atoms with Crippen molar-refractivity contribution in [2.45, 2.75) is 103 Å². The monoisotopic (exact) mass is 744 g/mol. The van der Waals surface area contributed by atoms with E-state index in [1.807, 2.05) is 35.2 Å². The number of rotatable bonds is 12. The number of amides is 4. The van der Waals surface area contributed by atoms with Gasteiger partial charge in [-0.2, -0.15) is 5.10 Å². The zero-order valence-electron chi connectivity index (χ0n) is 32.0. The van der Waals surface area contributed by atoms with Gasteiger partial charge in [-0.25, -0.2) is 4.79 Å². The van der Waals surface area contributed by atoms with Crippen LogP contribution in [-0.2, 0) is 30.5 Å². The van der Waals surface area contributed by atoms with Crippen LogP contribution >= 0.6 is 0 Å². The average molecular weight is 745 g/mol. The number of carboxylic acid groups (broad SMARTS) is 1. The van der Waals surface area contributed by atoms with Crippen LogP contribution in [0.2, 0.25) is 0 Å². The highest BCUT2D eigenvalue weighted by molar-refractivity contribution is 5.96. The van der Waals surface area contributed by atoms with Crippen molar-refractivity contribution < 1.29 is 33.8 Å². The fraction of sp³-hybridized carbons (Fsp3) is 0.659. The second kappa shape index (κ2) is 15.5. The number of likely N-dealkylation sites (tertiary alicyclic amines) is 3. The second-order valence-electron chi connectivity index (χ2n) is 17.4. The summed E-state index contributed by atoms with van der Waals surface area (Å²) in [5, 5.41) is 17.5. The molecule has 1 spiro atoms. The van der Waals surface area contributed by atoms with Gasteiger partial charge >= 0.3 is 5.97 Å². The lowest BCUT2D eigenvalue weighted by atomic mass is 9.70. The van der Waals surface area contributed by atoms with Crippen molar-refractivity contribution in [2.75, 3.05) is 39.3 Å². The number of carbonyl (C=O) groups is 5. The molecule has 7 rings (SSSR count). The van der Waals surface area contributed by atoms with Crippen molar-refractivity contribution in [1.82, 2.24) is 29.8 Å². The van der Waals surface area contributed by atoms with E-state index >= 15 is 0 Å². The molecule has 5 fully saturated rings. The van der Waals surface area contributed by atoms with Crippen molar-refractivity contribution in [2.24, 2.45) is 28.6 Å². The molecule has 1 aromatic heterocycles. The third-order valence-corrected chi connectivity index (χ3v) is 12.9. The molecule has 2 saturated carbocycles. The number of nitrogens with zero attached hydrogens (tertiary/aromatic N) is 5. The van der Waals surface area contributed by atoms with Crippen LogP contribution in [0.15, 0.2) is 42.7 Å². The van der Waals surface area contributed by atoms with Gasteiger partial charge in [-0.1, -0.05) is 63.4 Å². The lowest BCUT2D eigenvalue weighted by Crippen LogP contribution is -2.66. The molecule has 3 aliphatic heterocycles. The van der Waals surface area contributed by atoms with E-state index in [9.17, 15) is 29.1 Å². The Kier molecular flexibility index (Phi) is 10.9. The van der Waals surface area contributed by atoms with Crippen molar-refractivity contribution in [3.63, 3.8) is 0 Å². The molecule has 3 saturated heterocycles. The highest BCUT2D eigenvalue weighted by atomic mass is 16.5. The van der Waals surface area contributed by atoms with Crippen LogP contribution in [0.3, 0.4) is 0 Å². The summed E-state index contributed by atoms with van der Waals surface area (Å²) >= 11 is 0. The molecule has 2 aromatic rings. The van der Waals surface area contributed by atoms with Gasteiger partial charge < -0.3 is 29.9 Å². The largest absolute Gasteiger partial charge is 0.480 e. The van der Waals surface area contributed by atoms with E-state index in [4.69, 9.17) is 4.74 Å². The van der Waals surface area contributed by atoms with Gasteiger partial charge in [0.25, 0.3) is 5.91 Å². The predicted octanol–water partition coefficient (Wildman–Crippen LogP) is 3.81. The molecule has 2 N–H and O–H groups in total. The molecule has 4 amide bonds. The van der Waals surface area contributed by atoms with Crippen molar-refractivity contribution >= 4 is 29.6 Å². The van der Waals surface area contributed by atoms with Gasteiger partial charge in [0.15, 0.2) is 0 Å². The summed E-state index contributed by atoms with van der Waals surface area (Å²) in [7, 11) is 0. The van der Waals surface area contributed by atoms with Gasteiger partial charge in [-0.3, -0.25) is 23.9 Å². The molecule has 0 unspecified atom stereocenters. The molecule has 13 heteroatoms. The fourth-order valence-corrected chi connectivity index (χ4v) is 9.30. The van der Waals surface area contributed by atoms with Gasteiger partial charge in [-0.15, -0.1) is 0 Å². The number of hydrogen-bond acceptors (Lipinski definition) is 7. The summed E-state index contributed by atoms with van der Waals surface area (Å²) in [6, 6.07) is 7.77. The van der Waals surface area contributed by atoms with Gasteiger partial charge in [0.05, 0.1) is 30.3 Å². The maximum absolute atomic E-state index is 14.6. The Bertz CT molecular complexity index is 1710. The van der Waals surface area contributed by atoms with Crippen LogP contribution in [0.4, 0.5) is 0 Å². The van der Waals surface area contributed by atoms with Crippen LogP contribution in [0.1, 0.15) is 94.5 Å². The first-order chi connectivity index (χ1) is 25.8. The first-order valence-electron chi connectivity index (χ1n) is 19.9. The molecule has 5 atom stereocenters. The van der Waals surface area contributed by atoms with Gasteiger partial charge in [0.1, 0.15) is 12.1 Å². The molecule has 54 heavy (non-hydrogen) atoms. The number of ether oxygens (including phenoxy) is 1. The number of aliphatic carboxylic acids is 1. The van der Waals surface area contributed by atoms with E-state index in [1.165, 1.54) is 11.3 Å². The Hall–Kier alpha value is -4.26. The van der Waals surface area contributed by atoms with E-state index in [2.05, 4.69) is 24.3 Å². The molecule has 13 nitrogen and oxygen atoms in total. The molecule has 292 valence electrons. The minimum Gasteiger partial charge on any atom is -0.480 e. The maximum Gasteiger partial charge on any atom is 0.326 e. The smallest absolute Gasteiger partial charge is 0.326 e. The Labute approximate surface area is 317 Å². The molecule has 1 aromatic carbocycles. The number of piperidine rings is 1. The molecule has 4 heterocycles. The van der Waals surface area contributed by atoms with Crippen LogP contribution in [0.5, 0.6) is 0 Å². The quantitative estimate of drug-likeness (QED) is 0.333. The fourth-order valence-electron chi connectivity index (χ4n) is 9.30. The zero-order valence-corrected chi connectivity index (χ0v) is 32.0. The summed E-state index contributed by atoms with van der Waals surface area (Å²) in [6.07, 6.45) is 10.7. The van der Waals surface area contributed by atoms with Crippen molar-refractivity contribution in [1.29, 1.82) is 0 Å². The lowest BCUT2D eigenvalue weighted by molar-refractivity contribution is -0.157. The third-order valence-electron chi connectivity index (χ3n) is 12.9. The number of hydrogen-bond donors (Lipinski definition) is 2. The number of aromatic nitrogens is 2. The normalized spacial score (nSPS) is 25.8. The molecular formula is C41H56N6O7. The van der Waals surface area contributed by atoms with Gasteiger partial charge in [-0.05, 0) is 62.3 Å². The van der Waals surface area contributed by atoms with E-state index < -0.39 is 41.4 Å².